The molecule has 0 radical (unpaired) electrons. The van der Waals surface area contributed by atoms with Gasteiger partial charge in [0.05, 0.1) is 10.2 Å². The van der Waals surface area contributed by atoms with Crippen LogP contribution in [-0.2, 0) is 4.79 Å². The van der Waals surface area contributed by atoms with E-state index in [-0.39, 0.29) is 11.9 Å². The summed E-state index contributed by atoms with van der Waals surface area (Å²) in [6.45, 7) is 1.73. The minimum atomic E-state index is -0.311. The zero-order valence-corrected chi connectivity index (χ0v) is 16.5. The molecular weight excluding hydrogens is 384 g/mol. The molecule has 4 aromatic rings. The normalized spacial score (nSPS) is 10.7. The number of esters is 1. The SMILES string of the molecule is CCC(=O)Oc1ccc(C(=O)Nc2cccc(-c3nc4ccccc4s3)c2)cc1. The van der Waals surface area contributed by atoms with Crippen LogP contribution in [0.25, 0.3) is 20.8 Å². The van der Waals surface area contributed by atoms with Crippen LogP contribution in [0.1, 0.15) is 23.7 Å². The Labute approximate surface area is 172 Å². The van der Waals surface area contributed by atoms with Gasteiger partial charge in [0, 0.05) is 23.2 Å². The number of hydrogen-bond donors (Lipinski definition) is 1. The minimum Gasteiger partial charge on any atom is -0.427 e. The lowest BCUT2D eigenvalue weighted by Crippen LogP contribution is -2.12. The molecule has 3 aromatic carbocycles. The van der Waals surface area contributed by atoms with E-state index in [0.29, 0.717) is 23.4 Å². The summed E-state index contributed by atoms with van der Waals surface area (Å²) < 4.78 is 6.26. The van der Waals surface area contributed by atoms with Crippen LogP contribution in [-0.4, -0.2) is 16.9 Å². The van der Waals surface area contributed by atoms with Crippen molar-refractivity contribution in [3.63, 3.8) is 0 Å². The minimum absolute atomic E-state index is 0.236. The van der Waals surface area contributed by atoms with Gasteiger partial charge in [-0.05, 0) is 48.5 Å². The summed E-state index contributed by atoms with van der Waals surface area (Å²) in [6, 6.07) is 22.1. The van der Waals surface area contributed by atoms with E-state index < -0.39 is 0 Å². The lowest BCUT2D eigenvalue weighted by Gasteiger charge is -2.08. The third-order valence-electron chi connectivity index (χ3n) is 4.30. The fraction of sp³-hybridized carbons (Fsp3) is 0.0870. The van der Waals surface area contributed by atoms with Crippen LogP contribution in [0.15, 0.2) is 72.8 Å². The van der Waals surface area contributed by atoms with Crippen LogP contribution in [0, 0.1) is 0 Å². The molecule has 0 aliphatic heterocycles. The van der Waals surface area contributed by atoms with Gasteiger partial charge < -0.3 is 10.1 Å². The van der Waals surface area contributed by atoms with Crippen LogP contribution in [0.2, 0.25) is 0 Å². The van der Waals surface area contributed by atoms with Gasteiger partial charge in [-0.25, -0.2) is 4.98 Å². The number of nitrogens with one attached hydrogen (secondary N) is 1. The first-order valence-electron chi connectivity index (χ1n) is 9.20. The van der Waals surface area contributed by atoms with Gasteiger partial charge in [-0.15, -0.1) is 11.3 Å². The van der Waals surface area contributed by atoms with Gasteiger partial charge >= 0.3 is 5.97 Å². The largest absolute Gasteiger partial charge is 0.427 e. The van der Waals surface area contributed by atoms with Crippen LogP contribution >= 0.6 is 11.3 Å². The van der Waals surface area contributed by atoms with Gasteiger partial charge in [0.25, 0.3) is 5.91 Å². The number of thiazole rings is 1. The smallest absolute Gasteiger partial charge is 0.310 e. The number of nitrogens with zero attached hydrogens (tertiary/aromatic N) is 1. The third-order valence-corrected chi connectivity index (χ3v) is 5.38. The second-order valence-corrected chi connectivity index (χ2v) is 7.40. The van der Waals surface area contributed by atoms with E-state index in [1.807, 2.05) is 48.5 Å². The summed E-state index contributed by atoms with van der Waals surface area (Å²) in [7, 11) is 0. The maximum absolute atomic E-state index is 12.6. The Hall–Kier alpha value is -3.51. The number of carbonyl (C=O) groups is 2. The molecule has 6 heteroatoms. The Morgan fingerprint density at radius 1 is 1.00 bits per heavy atom. The summed E-state index contributed by atoms with van der Waals surface area (Å²) in [5.74, 6) is -0.125. The second kappa shape index (κ2) is 8.24. The van der Waals surface area contributed by atoms with Gasteiger partial charge in [0.1, 0.15) is 10.8 Å². The average molecular weight is 402 g/mol. The lowest BCUT2D eigenvalue weighted by molar-refractivity contribution is -0.134. The number of rotatable bonds is 5. The van der Waals surface area contributed by atoms with Gasteiger partial charge in [0.15, 0.2) is 0 Å². The molecule has 0 unspecified atom stereocenters. The molecule has 0 atom stereocenters. The maximum atomic E-state index is 12.6. The van der Waals surface area contributed by atoms with Crippen molar-refractivity contribution in [2.24, 2.45) is 0 Å². The molecule has 0 saturated carbocycles. The third kappa shape index (κ3) is 4.33. The first kappa shape index (κ1) is 18.8. The van der Waals surface area contributed by atoms with Gasteiger partial charge in [-0.2, -0.15) is 0 Å². The Morgan fingerprint density at radius 2 is 1.79 bits per heavy atom. The van der Waals surface area contributed by atoms with E-state index in [2.05, 4.69) is 10.3 Å². The lowest BCUT2D eigenvalue weighted by atomic mass is 10.1. The zero-order valence-electron chi connectivity index (χ0n) is 15.7. The highest BCUT2D eigenvalue weighted by Crippen LogP contribution is 2.31. The number of hydrogen-bond acceptors (Lipinski definition) is 5. The highest BCUT2D eigenvalue weighted by molar-refractivity contribution is 7.21. The monoisotopic (exact) mass is 402 g/mol. The number of carbonyl (C=O) groups excluding carboxylic acids is 2. The number of fused-ring (bicyclic) bond motifs is 1. The van der Waals surface area contributed by atoms with Gasteiger partial charge in [-0.3, -0.25) is 9.59 Å². The fourth-order valence-electron chi connectivity index (χ4n) is 2.81. The van der Waals surface area contributed by atoms with Gasteiger partial charge in [0.2, 0.25) is 0 Å². The number of benzene rings is 3. The number of anilines is 1. The molecule has 0 bridgehead atoms. The number of amides is 1. The van der Waals surface area contributed by atoms with Crippen molar-refractivity contribution >= 4 is 39.1 Å². The van der Waals surface area contributed by atoms with E-state index >= 15 is 0 Å². The molecule has 0 aliphatic carbocycles. The van der Waals surface area contributed by atoms with Crippen molar-refractivity contribution in [3.05, 3.63) is 78.4 Å². The quantitative estimate of drug-likeness (QED) is 0.352. The molecule has 1 N–H and O–H groups in total. The first-order valence-corrected chi connectivity index (χ1v) is 10.0. The maximum Gasteiger partial charge on any atom is 0.310 e. The van der Waals surface area contributed by atoms with Crippen molar-refractivity contribution in [2.45, 2.75) is 13.3 Å². The highest BCUT2D eigenvalue weighted by atomic mass is 32.1. The Bertz CT molecular complexity index is 1150. The predicted molar refractivity (Wildman–Crippen MR) is 115 cm³/mol. The molecule has 4 rings (SSSR count). The number of aromatic nitrogens is 1. The molecule has 29 heavy (non-hydrogen) atoms. The van der Waals surface area contributed by atoms with Crippen LogP contribution < -0.4 is 10.1 Å². The Morgan fingerprint density at radius 3 is 2.55 bits per heavy atom. The van der Waals surface area contributed by atoms with Crippen molar-refractivity contribution in [3.8, 4) is 16.3 Å². The molecule has 0 spiro atoms. The summed E-state index contributed by atoms with van der Waals surface area (Å²) in [6.07, 6.45) is 0.299. The molecule has 0 saturated heterocycles. The van der Waals surface area contributed by atoms with Gasteiger partial charge in [-0.1, -0.05) is 31.2 Å². The molecule has 1 amide bonds. The Balaban J connectivity index is 1.50. The number of ether oxygens (including phenoxy) is 1. The first-order chi connectivity index (χ1) is 14.1. The van der Waals surface area contributed by atoms with Crippen molar-refractivity contribution in [2.75, 3.05) is 5.32 Å². The van der Waals surface area contributed by atoms with Crippen molar-refractivity contribution in [1.29, 1.82) is 0 Å². The molecular formula is C23H18N2O3S. The van der Waals surface area contributed by atoms with Crippen LogP contribution in [0.3, 0.4) is 0 Å². The Kier molecular flexibility index (Phi) is 5.35. The molecule has 0 aliphatic rings. The molecule has 1 aromatic heterocycles. The summed E-state index contributed by atoms with van der Waals surface area (Å²) >= 11 is 1.62. The van der Waals surface area contributed by atoms with E-state index in [0.717, 1.165) is 20.8 Å². The number of para-hydroxylation sites is 1. The van der Waals surface area contributed by atoms with Crippen LogP contribution in [0.5, 0.6) is 5.75 Å². The summed E-state index contributed by atoms with van der Waals surface area (Å²) in [5.41, 5.74) is 3.08. The van der Waals surface area contributed by atoms with Crippen molar-refractivity contribution < 1.29 is 14.3 Å². The molecule has 1 heterocycles. The fourth-order valence-corrected chi connectivity index (χ4v) is 3.77. The highest BCUT2D eigenvalue weighted by Gasteiger charge is 2.10. The average Bonchev–Trinajstić information content (AvgIpc) is 3.19. The second-order valence-electron chi connectivity index (χ2n) is 6.37. The van der Waals surface area contributed by atoms with E-state index in [4.69, 9.17) is 4.74 Å². The van der Waals surface area contributed by atoms with E-state index in [1.165, 1.54) is 0 Å². The molecule has 0 fully saturated rings. The zero-order chi connectivity index (χ0) is 20.2. The van der Waals surface area contributed by atoms with E-state index in [9.17, 15) is 9.59 Å². The summed E-state index contributed by atoms with van der Waals surface area (Å²) in [4.78, 5) is 28.6. The summed E-state index contributed by atoms with van der Waals surface area (Å²) in [5, 5.41) is 3.81. The van der Waals surface area contributed by atoms with Crippen LogP contribution in [0.4, 0.5) is 5.69 Å². The van der Waals surface area contributed by atoms with Crippen molar-refractivity contribution in [1.82, 2.24) is 4.98 Å². The van der Waals surface area contributed by atoms with E-state index in [1.54, 1.807) is 42.5 Å². The topological polar surface area (TPSA) is 68.3 Å². The molecule has 5 nitrogen and oxygen atoms in total. The standard InChI is InChI=1S/C23H18N2O3S/c1-2-21(26)28-18-12-10-15(11-13-18)22(27)24-17-7-5-6-16(14-17)23-25-19-8-3-4-9-20(19)29-23/h3-14H,2H2,1H3,(H,24,27). The predicted octanol–water partition coefficient (Wildman–Crippen LogP) is 5.53. The molecule has 144 valence electrons.